The molecule has 0 unspecified atom stereocenters. The summed E-state index contributed by atoms with van der Waals surface area (Å²) < 4.78 is 3.24. The maximum atomic E-state index is 6.15. The number of aromatic nitrogens is 2. The summed E-state index contributed by atoms with van der Waals surface area (Å²) in [5, 5.41) is 4.07. The number of aryl methyl sites for hydroxylation is 1. The number of nitrogens with one attached hydrogen (secondary N) is 1. The van der Waals surface area contributed by atoms with Gasteiger partial charge in [-0.25, -0.2) is 4.98 Å². The molecule has 0 aliphatic heterocycles. The Kier molecular flexibility index (Phi) is 4.28. The number of rotatable bonds is 4. The summed E-state index contributed by atoms with van der Waals surface area (Å²) in [5.74, 6) is 0. The molecule has 0 radical (unpaired) electrons. The average molecular weight is 362 g/mol. The maximum Gasteiger partial charge on any atom is 0.0948 e. The second-order valence-electron chi connectivity index (χ2n) is 3.65. The van der Waals surface area contributed by atoms with E-state index >= 15 is 0 Å². The zero-order valence-electron chi connectivity index (χ0n) is 9.45. The first-order valence-electron chi connectivity index (χ1n) is 5.38. The molecule has 0 saturated carbocycles. The van der Waals surface area contributed by atoms with Crippen LogP contribution < -0.4 is 5.32 Å². The first kappa shape index (κ1) is 12.7. The van der Waals surface area contributed by atoms with Crippen molar-refractivity contribution >= 4 is 39.9 Å². The Bertz CT molecular complexity index is 510. The van der Waals surface area contributed by atoms with Gasteiger partial charge in [0.15, 0.2) is 0 Å². The smallest absolute Gasteiger partial charge is 0.0948 e. The SMILES string of the molecule is CCn1cncc1CNc1ccc(I)cc1Cl. The lowest BCUT2D eigenvalue weighted by Crippen LogP contribution is -2.06. The molecule has 5 heteroatoms. The van der Waals surface area contributed by atoms with Crippen LogP contribution >= 0.6 is 34.2 Å². The third-order valence-corrected chi connectivity index (χ3v) is 3.51. The minimum Gasteiger partial charge on any atom is -0.378 e. The molecule has 0 atom stereocenters. The van der Waals surface area contributed by atoms with Gasteiger partial charge in [-0.15, -0.1) is 0 Å². The molecule has 0 spiro atoms. The van der Waals surface area contributed by atoms with E-state index < -0.39 is 0 Å². The van der Waals surface area contributed by atoms with Gasteiger partial charge < -0.3 is 9.88 Å². The van der Waals surface area contributed by atoms with Gasteiger partial charge in [-0.2, -0.15) is 0 Å². The second kappa shape index (κ2) is 5.73. The highest BCUT2D eigenvalue weighted by molar-refractivity contribution is 14.1. The molecule has 0 aliphatic carbocycles. The number of hydrogen-bond donors (Lipinski definition) is 1. The molecule has 1 N–H and O–H groups in total. The summed E-state index contributed by atoms with van der Waals surface area (Å²) in [4.78, 5) is 4.13. The fourth-order valence-corrected chi connectivity index (χ4v) is 2.52. The Balaban J connectivity index is 2.07. The van der Waals surface area contributed by atoms with Crippen LogP contribution in [0.25, 0.3) is 0 Å². The molecule has 1 heterocycles. The summed E-state index contributed by atoms with van der Waals surface area (Å²) in [7, 11) is 0. The van der Waals surface area contributed by atoms with Crippen LogP contribution in [0, 0.1) is 3.57 Å². The van der Waals surface area contributed by atoms with Gasteiger partial charge in [-0.05, 0) is 47.7 Å². The van der Waals surface area contributed by atoms with E-state index in [0.29, 0.717) is 0 Å². The molecule has 90 valence electrons. The lowest BCUT2D eigenvalue weighted by molar-refractivity contribution is 0.719. The molecular weight excluding hydrogens is 349 g/mol. The van der Waals surface area contributed by atoms with Crippen LogP contribution in [0.5, 0.6) is 0 Å². The fraction of sp³-hybridized carbons (Fsp3) is 0.250. The summed E-state index contributed by atoms with van der Waals surface area (Å²) in [6.07, 6.45) is 3.71. The Morgan fingerprint density at radius 1 is 1.47 bits per heavy atom. The van der Waals surface area contributed by atoms with Crippen LogP contribution in [-0.4, -0.2) is 9.55 Å². The van der Waals surface area contributed by atoms with Gasteiger partial charge in [0.1, 0.15) is 0 Å². The van der Waals surface area contributed by atoms with E-state index in [1.807, 2.05) is 30.7 Å². The largest absolute Gasteiger partial charge is 0.378 e. The van der Waals surface area contributed by atoms with Crippen LogP contribution in [-0.2, 0) is 13.1 Å². The Labute approximate surface area is 119 Å². The molecule has 1 aromatic heterocycles. The first-order valence-corrected chi connectivity index (χ1v) is 6.84. The maximum absolute atomic E-state index is 6.15. The quantitative estimate of drug-likeness (QED) is 0.840. The molecular formula is C12H13ClIN3. The highest BCUT2D eigenvalue weighted by Crippen LogP contribution is 2.24. The zero-order valence-corrected chi connectivity index (χ0v) is 12.4. The van der Waals surface area contributed by atoms with Gasteiger partial charge in [-0.3, -0.25) is 0 Å². The van der Waals surface area contributed by atoms with Crippen molar-refractivity contribution in [2.45, 2.75) is 20.0 Å². The normalized spacial score (nSPS) is 10.5. The number of imidazole rings is 1. The molecule has 1 aromatic carbocycles. The van der Waals surface area contributed by atoms with Crippen LogP contribution in [0.15, 0.2) is 30.7 Å². The van der Waals surface area contributed by atoms with Crippen LogP contribution in [0.4, 0.5) is 5.69 Å². The second-order valence-corrected chi connectivity index (χ2v) is 5.30. The van der Waals surface area contributed by atoms with E-state index in [0.717, 1.165) is 33.1 Å². The molecule has 2 aromatic rings. The predicted octanol–water partition coefficient (Wildman–Crippen LogP) is 3.77. The molecule has 0 bridgehead atoms. The summed E-state index contributed by atoms with van der Waals surface area (Å²) in [6.45, 7) is 3.76. The fourth-order valence-electron chi connectivity index (χ4n) is 1.60. The van der Waals surface area contributed by atoms with Crippen molar-refractivity contribution in [1.29, 1.82) is 0 Å². The highest BCUT2D eigenvalue weighted by Gasteiger charge is 2.03. The zero-order chi connectivity index (χ0) is 12.3. The topological polar surface area (TPSA) is 29.9 Å². The van der Waals surface area contributed by atoms with Crippen molar-refractivity contribution in [2.24, 2.45) is 0 Å². The average Bonchev–Trinajstić information content (AvgIpc) is 2.75. The molecule has 0 saturated heterocycles. The Morgan fingerprint density at radius 3 is 3.00 bits per heavy atom. The van der Waals surface area contributed by atoms with E-state index in [1.54, 1.807) is 0 Å². The van der Waals surface area contributed by atoms with Crippen molar-refractivity contribution in [1.82, 2.24) is 9.55 Å². The van der Waals surface area contributed by atoms with Gasteiger partial charge in [0.05, 0.1) is 29.3 Å². The molecule has 17 heavy (non-hydrogen) atoms. The molecule has 3 nitrogen and oxygen atoms in total. The van der Waals surface area contributed by atoms with Crippen LogP contribution in [0.2, 0.25) is 5.02 Å². The lowest BCUT2D eigenvalue weighted by atomic mass is 10.3. The van der Waals surface area contributed by atoms with Crippen molar-refractivity contribution < 1.29 is 0 Å². The van der Waals surface area contributed by atoms with Gasteiger partial charge in [0, 0.05) is 16.3 Å². The third kappa shape index (κ3) is 3.13. The monoisotopic (exact) mass is 361 g/mol. The predicted molar refractivity (Wildman–Crippen MR) is 79.4 cm³/mol. The van der Waals surface area contributed by atoms with Crippen molar-refractivity contribution in [3.63, 3.8) is 0 Å². The number of nitrogens with zero attached hydrogens (tertiary/aromatic N) is 2. The minimum absolute atomic E-state index is 0.730. The van der Waals surface area contributed by atoms with Gasteiger partial charge in [0.25, 0.3) is 0 Å². The molecule has 2 rings (SSSR count). The van der Waals surface area contributed by atoms with E-state index in [-0.39, 0.29) is 0 Å². The van der Waals surface area contributed by atoms with Gasteiger partial charge in [-0.1, -0.05) is 11.6 Å². The Morgan fingerprint density at radius 2 is 2.29 bits per heavy atom. The van der Waals surface area contributed by atoms with Crippen LogP contribution in [0.1, 0.15) is 12.6 Å². The summed E-state index contributed by atoms with van der Waals surface area (Å²) >= 11 is 8.40. The Hall–Kier alpha value is -0.750. The van der Waals surface area contributed by atoms with E-state index in [4.69, 9.17) is 11.6 Å². The first-order chi connectivity index (χ1) is 8.20. The molecule has 0 fully saturated rings. The third-order valence-electron chi connectivity index (χ3n) is 2.53. The summed E-state index contributed by atoms with van der Waals surface area (Å²) in [5.41, 5.74) is 2.11. The van der Waals surface area contributed by atoms with E-state index in [2.05, 4.69) is 44.4 Å². The van der Waals surface area contributed by atoms with Crippen molar-refractivity contribution in [2.75, 3.05) is 5.32 Å². The number of benzene rings is 1. The van der Waals surface area contributed by atoms with E-state index in [9.17, 15) is 0 Å². The van der Waals surface area contributed by atoms with Crippen LogP contribution in [0.3, 0.4) is 0 Å². The number of hydrogen-bond acceptors (Lipinski definition) is 2. The van der Waals surface area contributed by atoms with E-state index in [1.165, 1.54) is 0 Å². The number of halogens is 2. The molecule has 0 aliphatic rings. The highest BCUT2D eigenvalue weighted by atomic mass is 127. The lowest BCUT2D eigenvalue weighted by Gasteiger charge is -2.10. The number of anilines is 1. The summed E-state index contributed by atoms with van der Waals surface area (Å²) in [6, 6.07) is 5.98. The van der Waals surface area contributed by atoms with Gasteiger partial charge >= 0.3 is 0 Å². The van der Waals surface area contributed by atoms with Crippen molar-refractivity contribution in [3.05, 3.63) is 45.0 Å². The van der Waals surface area contributed by atoms with Gasteiger partial charge in [0.2, 0.25) is 0 Å². The minimum atomic E-state index is 0.730. The standard InChI is InChI=1S/C12H13ClIN3/c1-2-17-8-15-6-10(17)7-16-12-4-3-9(14)5-11(12)13/h3-6,8,16H,2,7H2,1H3. The molecule has 0 amide bonds. The van der Waals surface area contributed by atoms with Crippen molar-refractivity contribution in [3.8, 4) is 0 Å².